The predicted octanol–water partition coefficient (Wildman–Crippen LogP) is 3.26. The summed E-state index contributed by atoms with van der Waals surface area (Å²) in [4.78, 5) is 2.58. The molecule has 0 spiro atoms. The molecule has 1 N–H and O–H groups in total. The number of nitrogens with zero attached hydrogens (tertiary/aromatic N) is 1. The summed E-state index contributed by atoms with van der Waals surface area (Å²) in [5.74, 6) is 4.46. The SMILES string of the molecule is C#C[C@]1(O)C[C@H](C)N(CCc2ccc(OC)c(OC)c2)[C@H]2CCCC[C@@H]21. The Hall–Kier alpha value is -1.70. The van der Waals surface area contributed by atoms with Crippen LogP contribution >= 0.6 is 0 Å². The molecule has 1 heterocycles. The van der Waals surface area contributed by atoms with Gasteiger partial charge in [-0.3, -0.25) is 4.90 Å². The summed E-state index contributed by atoms with van der Waals surface area (Å²) in [5.41, 5.74) is 0.296. The van der Waals surface area contributed by atoms with E-state index in [1.807, 2.05) is 6.07 Å². The first kappa shape index (κ1) is 19.1. The Labute approximate surface area is 157 Å². The molecule has 1 saturated carbocycles. The lowest BCUT2D eigenvalue weighted by Crippen LogP contribution is -2.61. The van der Waals surface area contributed by atoms with Crippen molar-refractivity contribution in [1.29, 1.82) is 0 Å². The van der Waals surface area contributed by atoms with Crippen molar-refractivity contribution in [3.05, 3.63) is 23.8 Å². The molecule has 4 nitrogen and oxygen atoms in total. The molecule has 0 unspecified atom stereocenters. The van der Waals surface area contributed by atoms with Crippen molar-refractivity contribution < 1.29 is 14.6 Å². The number of methoxy groups -OCH3 is 2. The minimum atomic E-state index is -0.940. The van der Waals surface area contributed by atoms with Crippen molar-refractivity contribution >= 4 is 0 Å². The lowest BCUT2D eigenvalue weighted by atomic mass is 9.67. The standard InChI is InChI=1S/C22H31NO3/c1-5-22(24)15-16(2)23(19-9-7-6-8-18(19)22)13-12-17-10-11-20(25-3)21(14-17)26-4/h1,10-11,14,16,18-19,24H,6-9,12-13,15H2,2-4H3/t16-,18-,19-,22-/m0/s1. The van der Waals surface area contributed by atoms with Gasteiger partial charge in [-0.05, 0) is 43.9 Å². The normalized spacial score (nSPS) is 31.7. The maximum atomic E-state index is 11.0. The molecule has 1 aliphatic heterocycles. The van der Waals surface area contributed by atoms with Gasteiger partial charge in [-0.2, -0.15) is 0 Å². The van der Waals surface area contributed by atoms with E-state index >= 15 is 0 Å². The molecule has 3 rings (SSSR count). The molecular formula is C22H31NO3. The number of aliphatic hydroxyl groups is 1. The molecule has 26 heavy (non-hydrogen) atoms. The smallest absolute Gasteiger partial charge is 0.160 e. The summed E-state index contributed by atoms with van der Waals surface area (Å²) in [6.07, 6.45) is 11.9. The fourth-order valence-electron chi connectivity index (χ4n) is 4.96. The van der Waals surface area contributed by atoms with Crippen molar-refractivity contribution in [3.8, 4) is 23.8 Å². The first-order valence-corrected chi connectivity index (χ1v) is 9.69. The number of rotatable bonds is 5. The van der Waals surface area contributed by atoms with Crippen molar-refractivity contribution in [1.82, 2.24) is 4.90 Å². The van der Waals surface area contributed by atoms with Gasteiger partial charge in [0, 0.05) is 31.0 Å². The summed E-state index contributed by atoms with van der Waals surface area (Å²) in [6, 6.07) is 6.80. The van der Waals surface area contributed by atoms with E-state index in [4.69, 9.17) is 15.9 Å². The van der Waals surface area contributed by atoms with E-state index in [9.17, 15) is 5.11 Å². The highest BCUT2D eigenvalue weighted by atomic mass is 16.5. The second-order valence-corrected chi connectivity index (χ2v) is 7.76. The number of hydrogen-bond donors (Lipinski definition) is 1. The number of fused-ring (bicyclic) bond motifs is 1. The Morgan fingerprint density at radius 3 is 2.65 bits per heavy atom. The van der Waals surface area contributed by atoms with Crippen LogP contribution in [0.1, 0.15) is 44.6 Å². The Morgan fingerprint density at radius 1 is 1.23 bits per heavy atom. The fourth-order valence-corrected chi connectivity index (χ4v) is 4.96. The highest BCUT2D eigenvalue weighted by Gasteiger charge is 2.49. The first-order chi connectivity index (χ1) is 12.5. The summed E-state index contributed by atoms with van der Waals surface area (Å²) in [6.45, 7) is 3.17. The van der Waals surface area contributed by atoms with Crippen LogP contribution < -0.4 is 9.47 Å². The Kier molecular flexibility index (Phi) is 5.79. The van der Waals surface area contributed by atoms with E-state index in [0.29, 0.717) is 12.5 Å². The number of hydrogen-bond acceptors (Lipinski definition) is 4. The van der Waals surface area contributed by atoms with Gasteiger partial charge < -0.3 is 14.6 Å². The van der Waals surface area contributed by atoms with Gasteiger partial charge in [0.2, 0.25) is 0 Å². The van der Waals surface area contributed by atoms with Crippen LogP contribution in [0.3, 0.4) is 0 Å². The summed E-state index contributed by atoms with van der Waals surface area (Å²) in [7, 11) is 3.32. The van der Waals surface area contributed by atoms with Gasteiger partial charge in [0.15, 0.2) is 11.5 Å². The third-order valence-electron chi connectivity index (χ3n) is 6.30. The molecule has 4 atom stereocenters. The molecule has 2 fully saturated rings. The van der Waals surface area contributed by atoms with Crippen LogP contribution in [0.25, 0.3) is 0 Å². The maximum Gasteiger partial charge on any atom is 0.160 e. The molecule has 1 aromatic rings. The predicted molar refractivity (Wildman–Crippen MR) is 104 cm³/mol. The number of terminal acetylenes is 1. The quantitative estimate of drug-likeness (QED) is 0.822. The Bertz CT molecular complexity index is 668. The minimum Gasteiger partial charge on any atom is -0.493 e. The number of benzene rings is 1. The average molecular weight is 357 g/mol. The van der Waals surface area contributed by atoms with E-state index in [1.54, 1.807) is 14.2 Å². The van der Waals surface area contributed by atoms with E-state index in [1.165, 1.54) is 18.4 Å². The van der Waals surface area contributed by atoms with Gasteiger partial charge in [0.1, 0.15) is 5.60 Å². The van der Waals surface area contributed by atoms with Gasteiger partial charge in [-0.25, -0.2) is 0 Å². The lowest BCUT2D eigenvalue weighted by Gasteiger charge is -2.53. The van der Waals surface area contributed by atoms with Crippen LogP contribution in [0.15, 0.2) is 18.2 Å². The van der Waals surface area contributed by atoms with Crippen molar-refractivity contribution in [2.75, 3.05) is 20.8 Å². The van der Waals surface area contributed by atoms with E-state index in [0.717, 1.165) is 37.3 Å². The van der Waals surface area contributed by atoms with Crippen molar-refractivity contribution in [2.45, 2.75) is 63.1 Å². The van der Waals surface area contributed by atoms with E-state index in [-0.39, 0.29) is 12.0 Å². The molecule has 0 amide bonds. The molecule has 2 aliphatic rings. The van der Waals surface area contributed by atoms with Gasteiger partial charge >= 0.3 is 0 Å². The van der Waals surface area contributed by atoms with Crippen LogP contribution in [0.4, 0.5) is 0 Å². The molecule has 4 heteroatoms. The highest BCUT2D eigenvalue weighted by molar-refractivity contribution is 5.43. The summed E-state index contributed by atoms with van der Waals surface area (Å²) < 4.78 is 10.8. The zero-order valence-electron chi connectivity index (χ0n) is 16.2. The zero-order valence-corrected chi connectivity index (χ0v) is 16.2. The molecule has 0 radical (unpaired) electrons. The van der Waals surface area contributed by atoms with E-state index < -0.39 is 5.60 Å². The van der Waals surface area contributed by atoms with Gasteiger partial charge in [-0.15, -0.1) is 6.42 Å². The minimum absolute atomic E-state index is 0.197. The van der Waals surface area contributed by atoms with Crippen LogP contribution in [-0.4, -0.2) is 48.5 Å². The van der Waals surface area contributed by atoms with Gasteiger partial charge in [0.25, 0.3) is 0 Å². The van der Waals surface area contributed by atoms with Crippen LogP contribution in [0, 0.1) is 18.3 Å². The second kappa shape index (κ2) is 7.90. The maximum absolute atomic E-state index is 11.0. The molecular weight excluding hydrogens is 326 g/mol. The molecule has 142 valence electrons. The Balaban J connectivity index is 1.74. The van der Waals surface area contributed by atoms with Crippen LogP contribution in [0.5, 0.6) is 11.5 Å². The van der Waals surface area contributed by atoms with Gasteiger partial charge in [-0.1, -0.05) is 24.8 Å². The summed E-state index contributed by atoms with van der Waals surface area (Å²) in [5, 5.41) is 11.0. The zero-order chi connectivity index (χ0) is 18.7. The third kappa shape index (κ3) is 3.56. The number of piperidine rings is 1. The number of ether oxygens (including phenoxy) is 2. The van der Waals surface area contributed by atoms with Crippen LogP contribution in [-0.2, 0) is 6.42 Å². The van der Waals surface area contributed by atoms with Crippen molar-refractivity contribution in [2.24, 2.45) is 5.92 Å². The van der Waals surface area contributed by atoms with Crippen molar-refractivity contribution in [3.63, 3.8) is 0 Å². The molecule has 0 aromatic heterocycles. The lowest BCUT2D eigenvalue weighted by molar-refractivity contribution is -0.0999. The molecule has 0 bridgehead atoms. The molecule has 1 aliphatic carbocycles. The molecule has 1 aromatic carbocycles. The monoisotopic (exact) mass is 357 g/mol. The second-order valence-electron chi connectivity index (χ2n) is 7.76. The fraction of sp³-hybridized carbons (Fsp3) is 0.636. The largest absolute Gasteiger partial charge is 0.493 e. The van der Waals surface area contributed by atoms with Crippen LogP contribution in [0.2, 0.25) is 0 Å². The summed E-state index contributed by atoms with van der Waals surface area (Å²) >= 11 is 0. The highest BCUT2D eigenvalue weighted by Crippen LogP contribution is 2.43. The number of likely N-dealkylation sites (tertiary alicyclic amines) is 1. The third-order valence-corrected chi connectivity index (χ3v) is 6.30. The first-order valence-electron chi connectivity index (χ1n) is 9.69. The van der Waals surface area contributed by atoms with Gasteiger partial charge in [0.05, 0.1) is 14.2 Å². The topological polar surface area (TPSA) is 41.9 Å². The molecule has 1 saturated heterocycles. The average Bonchev–Trinajstić information content (AvgIpc) is 2.67. The Morgan fingerprint density at radius 2 is 1.96 bits per heavy atom. The van der Waals surface area contributed by atoms with E-state index in [2.05, 4.69) is 29.9 Å².